The summed E-state index contributed by atoms with van der Waals surface area (Å²) < 4.78 is 25.9. The van der Waals surface area contributed by atoms with Gasteiger partial charge in [0.15, 0.2) is 15.7 Å². The maximum atomic E-state index is 12.9. The van der Waals surface area contributed by atoms with E-state index in [1.165, 1.54) is 6.20 Å². The maximum absolute atomic E-state index is 12.9. The van der Waals surface area contributed by atoms with Crippen LogP contribution in [0.15, 0.2) is 35.4 Å². The van der Waals surface area contributed by atoms with E-state index in [-0.39, 0.29) is 10.1 Å². The summed E-state index contributed by atoms with van der Waals surface area (Å²) in [7, 11) is -1.68. The van der Waals surface area contributed by atoms with Gasteiger partial charge in [0.05, 0.1) is 22.0 Å². The first-order valence-electron chi connectivity index (χ1n) is 7.82. The average Bonchev–Trinajstić information content (AvgIpc) is 3.12. The van der Waals surface area contributed by atoms with Crippen LogP contribution in [0, 0.1) is 0 Å². The van der Waals surface area contributed by atoms with Crippen LogP contribution in [0.25, 0.3) is 0 Å². The van der Waals surface area contributed by atoms with Gasteiger partial charge in [-0.05, 0) is 25.0 Å². The fraction of sp³-hybridized carbons (Fsp3) is 0.375. The number of anilines is 3. The highest BCUT2D eigenvalue weighted by Crippen LogP contribution is 2.34. The number of nitrogens with zero attached hydrogens (tertiary/aromatic N) is 2. The smallest absolute Gasteiger partial charge is 0.224 e. The summed E-state index contributed by atoms with van der Waals surface area (Å²) in [6, 6.07) is 6.86. The number of nitrogens with one attached hydrogen (secondary N) is 2. The first-order chi connectivity index (χ1) is 11.5. The van der Waals surface area contributed by atoms with E-state index in [1.54, 1.807) is 31.3 Å². The molecule has 2 aromatic rings. The molecule has 0 bridgehead atoms. The Morgan fingerprint density at radius 2 is 1.92 bits per heavy atom. The number of aromatic nitrogens is 2. The number of rotatable bonds is 5. The van der Waals surface area contributed by atoms with Crippen molar-refractivity contribution < 1.29 is 8.42 Å². The van der Waals surface area contributed by atoms with E-state index in [1.807, 2.05) is 0 Å². The van der Waals surface area contributed by atoms with Crippen LogP contribution in [0.1, 0.15) is 25.7 Å². The van der Waals surface area contributed by atoms with Gasteiger partial charge in [-0.25, -0.2) is 13.4 Å². The van der Waals surface area contributed by atoms with Crippen molar-refractivity contribution >= 4 is 38.9 Å². The van der Waals surface area contributed by atoms with Crippen molar-refractivity contribution in [2.24, 2.45) is 0 Å². The molecule has 0 aliphatic heterocycles. The minimum atomic E-state index is -3.38. The van der Waals surface area contributed by atoms with E-state index in [4.69, 9.17) is 11.6 Å². The fourth-order valence-corrected chi connectivity index (χ4v) is 5.04. The quantitative estimate of drug-likeness (QED) is 0.840. The van der Waals surface area contributed by atoms with Crippen molar-refractivity contribution in [3.05, 3.63) is 35.5 Å². The van der Waals surface area contributed by atoms with Crippen molar-refractivity contribution in [1.29, 1.82) is 0 Å². The van der Waals surface area contributed by atoms with E-state index in [0.717, 1.165) is 25.7 Å². The molecule has 0 amide bonds. The zero-order valence-electron chi connectivity index (χ0n) is 13.3. The van der Waals surface area contributed by atoms with Crippen molar-refractivity contribution in [1.82, 2.24) is 9.97 Å². The Labute approximate surface area is 146 Å². The molecule has 2 N–H and O–H groups in total. The summed E-state index contributed by atoms with van der Waals surface area (Å²) in [5.41, 5.74) is 0.479. The summed E-state index contributed by atoms with van der Waals surface area (Å²) in [6.07, 6.45) is 4.83. The van der Waals surface area contributed by atoms with E-state index in [0.29, 0.717) is 22.5 Å². The minimum Gasteiger partial charge on any atom is -0.357 e. The second-order valence-corrected chi connectivity index (χ2v) is 8.32. The van der Waals surface area contributed by atoms with Gasteiger partial charge >= 0.3 is 0 Å². The normalized spacial score (nSPS) is 15.4. The molecular weight excluding hydrogens is 348 g/mol. The summed E-state index contributed by atoms with van der Waals surface area (Å²) in [5.74, 6) is 0.767. The summed E-state index contributed by atoms with van der Waals surface area (Å²) >= 11 is 6.13. The van der Waals surface area contributed by atoms with Crippen LogP contribution < -0.4 is 10.6 Å². The molecule has 1 aliphatic rings. The Bertz CT molecular complexity index is 836. The lowest BCUT2D eigenvalue weighted by Crippen LogP contribution is -2.19. The van der Waals surface area contributed by atoms with E-state index in [9.17, 15) is 8.42 Å². The van der Waals surface area contributed by atoms with Gasteiger partial charge in [0.25, 0.3) is 0 Å². The van der Waals surface area contributed by atoms with Crippen LogP contribution in [0.2, 0.25) is 5.02 Å². The zero-order chi connectivity index (χ0) is 17.2. The molecule has 6 nitrogen and oxygen atoms in total. The van der Waals surface area contributed by atoms with Gasteiger partial charge in [0.2, 0.25) is 5.95 Å². The summed E-state index contributed by atoms with van der Waals surface area (Å²) in [6.45, 7) is 0. The number of hydrogen-bond acceptors (Lipinski definition) is 6. The monoisotopic (exact) mass is 366 g/mol. The Hall–Kier alpha value is -1.86. The SMILES string of the molecule is CNc1ncc(Cl)c(Nc2ccccc2S(=O)(=O)C2CCCC2)n1. The molecule has 128 valence electrons. The third-order valence-corrected chi connectivity index (χ3v) is 6.75. The topological polar surface area (TPSA) is 84.0 Å². The molecule has 0 saturated heterocycles. The third kappa shape index (κ3) is 3.32. The second-order valence-electron chi connectivity index (χ2n) is 5.71. The van der Waals surface area contributed by atoms with Crippen LogP contribution in [-0.2, 0) is 9.84 Å². The molecule has 1 aliphatic carbocycles. The third-order valence-electron chi connectivity index (χ3n) is 4.16. The summed E-state index contributed by atoms with van der Waals surface area (Å²) in [4.78, 5) is 8.56. The van der Waals surface area contributed by atoms with Crippen LogP contribution in [-0.4, -0.2) is 30.7 Å². The second kappa shape index (κ2) is 6.94. The standard InChI is InChI=1S/C16H19ClN4O2S/c1-18-16-19-10-12(17)15(21-16)20-13-8-4-5-9-14(13)24(22,23)11-6-2-3-7-11/h4-5,8-11H,2-3,6-7H2,1H3,(H2,18,19,20,21). The van der Waals surface area contributed by atoms with Crippen LogP contribution in [0.4, 0.5) is 17.5 Å². The molecule has 1 fully saturated rings. The first-order valence-corrected chi connectivity index (χ1v) is 9.75. The first kappa shape index (κ1) is 17.0. The fourth-order valence-electron chi connectivity index (χ4n) is 2.90. The molecule has 1 aromatic carbocycles. The highest BCUT2D eigenvalue weighted by molar-refractivity contribution is 7.92. The van der Waals surface area contributed by atoms with Crippen molar-refractivity contribution in [3.63, 3.8) is 0 Å². The van der Waals surface area contributed by atoms with Crippen LogP contribution in [0.3, 0.4) is 0 Å². The van der Waals surface area contributed by atoms with E-state index < -0.39 is 9.84 Å². The van der Waals surface area contributed by atoms with Crippen LogP contribution in [0.5, 0.6) is 0 Å². The predicted octanol–water partition coefficient (Wildman–Crippen LogP) is 3.63. The van der Waals surface area contributed by atoms with Gasteiger partial charge in [0.1, 0.15) is 5.02 Å². The molecule has 1 aromatic heterocycles. The predicted molar refractivity (Wildman–Crippen MR) is 95.8 cm³/mol. The van der Waals surface area contributed by atoms with E-state index in [2.05, 4.69) is 20.6 Å². The Balaban J connectivity index is 1.98. The molecule has 3 rings (SSSR count). The Morgan fingerprint density at radius 1 is 1.21 bits per heavy atom. The molecule has 24 heavy (non-hydrogen) atoms. The number of sulfone groups is 1. The van der Waals surface area contributed by atoms with Gasteiger partial charge in [-0.3, -0.25) is 0 Å². The number of para-hydroxylation sites is 1. The van der Waals surface area contributed by atoms with Gasteiger partial charge in [-0.15, -0.1) is 0 Å². The average molecular weight is 367 g/mol. The lowest BCUT2D eigenvalue weighted by Gasteiger charge is -2.16. The van der Waals surface area contributed by atoms with E-state index >= 15 is 0 Å². The minimum absolute atomic E-state index is 0.289. The lowest BCUT2D eigenvalue weighted by atomic mass is 10.3. The zero-order valence-corrected chi connectivity index (χ0v) is 14.9. The number of halogens is 1. The molecule has 0 unspecified atom stereocenters. The maximum Gasteiger partial charge on any atom is 0.224 e. The van der Waals surface area contributed by atoms with Gasteiger partial charge in [-0.1, -0.05) is 36.6 Å². The number of benzene rings is 1. The lowest BCUT2D eigenvalue weighted by molar-refractivity contribution is 0.580. The van der Waals surface area contributed by atoms with Crippen molar-refractivity contribution in [2.45, 2.75) is 35.8 Å². The van der Waals surface area contributed by atoms with Gasteiger partial charge in [0, 0.05) is 7.05 Å². The largest absolute Gasteiger partial charge is 0.357 e. The van der Waals surface area contributed by atoms with Crippen LogP contribution >= 0.6 is 11.6 Å². The van der Waals surface area contributed by atoms with Gasteiger partial charge < -0.3 is 10.6 Å². The highest BCUT2D eigenvalue weighted by Gasteiger charge is 2.32. The molecule has 0 atom stereocenters. The Kier molecular flexibility index (Phi) is 4.91. The molecule has 1 saturated carbocycles. The Morgan fingerprint density at radius 3 is 2.62 bits per heavy atom. The molecular formula is C16H19ClN4O2S. The molecule has 8 heteroatoms. The molecule has 1 heterocycles. The summed E-state index contributed by atoms with van der Waals surface area (Å²) in [5, 5.41) is 5.88. The molecule has 0 spiro atoms. The number of hydrogen-bond donors (Lipinski definition) is 2. The van der Waals surface area contributed by atoms with Gasteiger partial charge in [-0.2, -0.15) is 4.98 Å². The van der Waals surface area contributed by atoms with Crippen molar-refractivity contribution in [2.75, 3.05) is 17.7 Å². The highest BCUT2D eigenvalue weighted by atomic mass is 35.5. The molecule has 0 radical (unpaired) electrons. The van der Waals surface area contributed by atoms with Crippen molar-refractivity contribution in [3.8, 4) is 0 Å².